The number of carbonyl (C=O) groups is 1. The fourth-order valence-corrected chi connectivity index (χ4v) is 2.18. The van der Waals surface area contributed by atoms with Crippen molar-refractivity contribution in [3.05, 3.63) is 18.0 Å². The van der Waals surface area contributed by atoms with Crippen LogP contribution in [0.25, 0.3) is 0 Å². The number of hydrogen-bond donors (Lipinski definition) is 2. The zero-order chi connectivity index (χ0) is 14.6. The molecular formula is C14H24N4O2. The fourth-order valence-electron chi connectivity index (χ4n) is 2.18. The van der Waals surface area contributed by atoms with Gasteiger partial charge in [-0.1, -0.05) is 0 Å². The Balaban J connectivity index is 1.92. The first-order valence-electron chi connectivity index (χ1n) is 7.11. The van der Waals surface area contributed by atoms with Gasteiger partial charge < -0.3 is 15.4 Å². The number of amides is 1. The van der Waals surface area contributed by atoms with Crippen LogP contribution < -0.4 is 10.6 Å². The molecule has 0 radical (unpaired) electrons. The molecule has 0 aliphatic carbocycles. The van der Waals surface area contributed by atoms with Crippen molar-refractivity contribution in [1.29, 1.82) is 0 Å². The van der Waals surface area contributed by atoms with Gasteiger partial charge in [0, 0.05) is 26.4 Å². The molecule has 112 valence electrons. The molecule has 1 amide bonds. The largest absolute Gasteiger partial charge is 0.377 e. The summed E-state index contributed by atoms with van der Waals surface area (Å²) in [5, 5.41) is 10.6. The predicted molar refractivity (Wildman–Crippen MR) is 76.8 cm³/mol. The number of carbonyl (C=O) groups excluding carboxylic acids is 1. The van der Waals surface area contributed by atoms with E-state index in [-0.39, 0.29) is 11.5 Å². The van der Waals surface area contributed by atoms with Crippen molar-refractivity contribution in [2.24, 2.45) is 0 Å². The minimum absolute atomic E-state index is 0.155. The van der Waals surface area contributed by atoms with Crippen LogP contribution in [0.4, 0.5) is 0 Å². The van der Waals surface area contributed by atoms with Crippen LogP contribution in [0.3, 0.4) is 0 Å². The summed E-state index contributed by atoms with van der Waals surface area (Å²) in [4.78, 5) is 12.0. The highest BCUT2D eigenvalue weighted by Gasteiger charge is 2.20. The molecule has 6 heteroatoms. The van der Waals surface area contributed by atoms with Crippen molar-refractivity contribution in [2.45, 2.75) is 38.3 Å². The molecule has 0 aromatic carbocycles. The maximum atomic E-state index is 12.0. The van der Waals surface area contributed by atoms with Crippen molar-refractivity contribution < 1.29 is 9.53 Å². The Morgan fingerprint density at radius 1 is 1.65 bits per heavy atom. The molecule has 20 heavy (non-hydrogen) atoms. The molecule has 6 nitrogen and oxygen atoms in total. The summed E-state index contributed by atoms with van der Waals surface area (Å²) >= 11 is 0. The van der Waals surface area contributed by atoms with Gasteiger partial charge in [0.15, 0.2) is 0 Å². The van der Waals surface area contributed by atoms with Crippen LogP contribution in [0, 0.1) is 0 Å². The van der Waals surface area contributed by atoms with E-state index in [2.05, 4.69) is 15.7 Å². The summed E-state index contributed by atoms with van der Waals surface area (Å²) < 4.78 is 7.17. The number of ether oxygens (including phenoxy) is 1. The molecule has 2 heterocycles. The monoisotopic (exact) mass is 280 g/mol. The van der Waals surface area contributed by atoms with E-state index in [1.165, 1.54) is 0 Å². The van der Waals surface area contributed by atoms with Gasteiger partial charge in [-0.2, -0.15) is 5.10 Å². The third kappa shape index (κ3) is 3.80. The Bertz CT molecular complexity index is 450. The quantitative estimate of drug-likeness (QED) is 0.843. The lowest BCUT2D eigenvalue weighted by molar-refractivity contribution is 0.0228. The molecule has 1 aliphatic rings. The molecule has 1 fully saturated rings. The average molecular weight is 280 g/mol. The Hall–Kier alpha value is -1.40. The highest BCUT2D eigenvalue weighted by Crippen LogP contribution is 2.15. The van der Waals surface area contributed by atoms with Gasteiger partial charge in [0.05, 0.1) is 11.6 Å². The van der Waals surface area contributed by atoms with Crippen molar-refractivity contribution in [1.82, 2.24) is 20.4 Å². The Kier molecular flexibility index (Phi) is 4.77. The third-order valence-corrected chi connectivity index (χ3v) is 3.71. The smallest absolute Gasteiger partial charge is 0.271 e. The van der Waals surface area contributed by atoms with Gasteiger partial charge in [-0.3, -0.25) is 9.48 Å². The van der Waals surface area contributed by atoms with E-state index < -0.39 is 0 Å². The van der Waals surface area contributed by atoms with Crippen LogP contribution in [-0.2, 0) is 4.74 Å². The molecule has 1 aromatic rings. The fraction of sp³-hybridized carbons (Fsp3) is 0.714. The minimum Gasteiger partial charge on any atom is -0.377 e. The van der Waals surface area contributed by atoms with Gasteiger partial charge in [0.25, 0.3) is 5.91 Å². The minimum atomic E-state index is -0.370. The number of hydrogen-bond acceptors (Lipinski definition) is 4. The van der Waals surface area contributed by atoms with Crippen LogP contribution in [0.15, 0.2) is 12.3 Å². The standard InChI is InChI=1S/C14H24N4O2/c1-14(2,20-3)10-16-13(19)12-6-8-18(17-12)11-5-4-7-15-9-11/h6,8,11,15H,4-5,7,9-10H2,1-3H3,(H,16,19). The second-order valence-corrected chi connectivity index (χ2v) is 5.83. The zero-order valence-electron chi connectivity index (χ0n) is 12.5. The van der Waals surface area contributed by atoms with E-state index in [9.17, 15) is 4.79 Å². The van der Waals surface area contributed by atoms with Crippen LogP contribution >= 0.6 is 0 Å². The summed E-state index contributed by atoms with van der Waals surface area (Å²) in [6, 6.07) is 2.12. The maximum absolute atomic E-state index is 12.0. The summed E-state index contributed by atoms with van der Waals surface area (Å²) in [6.45, 7) is 6.30. The molecular weight excluding hydrogens is 256 g/mol. The highest BCUT2D eigenvalue weighted by atomic mass is 16.5. The number of methoxy groups -OCH3 is 1. The molecule has 1 aromatic heterocycles. The SMILES string of the molecule is COC(C)(C)CNC(=O)c1ccn(C2CCCNC2)n1. The van der Waals surface area contributed by atoms with Crippen molar-refractivity contribution in [2.75, 3.05) is 26.7 Å². The molecule has 1 atom stereocenters. The predicted octanol–water partition coefficient (Wildman–Crippen LogP) is 0.962. The van der Waals surface area contributed by atoms with E-state index in [1.54, 1.807) is 13.2 Å². The summed E-state index contributed by atoms with van der Waals surface area (Å²) in [6.07, 6.45) is 4.13. The second-order valence-electron chi connectivity index (χ2n) is 5.83. The number of piperidine rings is 1. The summed E-state index contributed by atoms with van der Waals surface area (Å²) in [5.41, 5.74) is 0.0911. The van der Waals surface area contributed by atoms with Crippen LogP contribution in [0.5, 0.6) is 0 Å². The first kappa shape index (κ1) is 15.0. The highest BCUT2D eigenvalue weighted by molar-refractivity contribution is 5.92. The molecule has 2 rings (SSSR count). The van der Waals surface area contributed by atoms with Gasteiger partial charge in [0.2, 0.25) is 0 Å². The van der Waals surface area contributed by atoms with E-state index in [1.807, 2.05) is 24.7 Å². The Morgan fingerprint density at radius 2 is 2.45 bits per heavy atom. The lowest BCUT2D eigenvalue weighted by atomic mass is 10.1. The molecule has 0 bridgehead atoms. The molecule has 1 aliphatic heterocycles. The van der Waals surface area contributed by atoms with Gasteiger partial charge in [-0.15, -0.1) is 0 Å². The van der Waals surface area contributed by atoms with Crippen LogP contribution in [0.1, 0.15) is 43.2 Å². The topological polar surface area (TPSA) is 68.2 Å². The average Bonchev–Trinajstić information content (AvgIpc) is 2.96. The number of nitrogens with zero attached hydrogens (tertiary/aromatic N) is 2. The van der Waals surface area contributed by atoms with E-state index >= 15 is 0 Å². The molecule has 1 saturated heterocycles. The normalized spacial score (nSPS) is 19.9. The summed E-state index contributed by atoms with van der Waals surface area (Å²) in [7, 11) is 1.64. The van der Waals surface area contributed by atoms with Gasteiger partial charge in [-0.25, -0.2) is 0 Å². The van der Waals surface area contributed by atoms with Gasteiger partial charge in [-0.05, 0) is 39.3 Å². The van der Waals surface area contributed by atoms with Gasteiger partial charge in [0.1, 0.15) is 5.69 Å². The van der Waals surface area contributed by atoms with Crippen molar-refractivity contribution >= 4 is 5.91 Å². The molecule has 1 unspecified atom stereocenters. The number of rotatable bonds is 5. The Morgan fingerprint density at radius 3 is 3.10 bits per heavy atom. The first-order valence-corrected chi connectivity index (χ1v) is 7.11. The van der Waals surface area contributed by atoms with E-state index in [4.69, 9.17) is 4.74 Å². The first-order chi connectivity index (χ1) is 9.52. The maximum Gasteiger partial charge on any atom is 0.271 e. The van der Waals surface area contributed by atoms with Crippen molar-refractivity contribution in [3.8, 4) is 0 Å². The van der Waals surface area contributed by atoms with E-state index in [0.29, 0.717) is 18.3 Å². The molecule has 0 spiro atoms. The molecule has 0 saturated carbocycles. The van der Waals surface area contributed by atoms with Crippen LogP contribution in [-0.4, -0.2) is 48.0 Å². The number of aromatic nitrogens is 2. The second kappa shape index (κ2) is 6.37. The van der Waals surface area contributed by atoms with Gasteiger partial charge >= 0.3 is 0 Å². The lowest BCUT2D eigenvalue weighted by Crippen LogP contribution is -2.40. The third-order valence-electron chi connectivity index (χ3n) is 3.71. The molecule has 2 N–H and O–H groups in total. The number of nitrogens with one attached hydrogen (secondary N) is 2. The zero-order valence-corrected chi connectivity index (χ0v) is 12.5. The van der Waals surface area contributed by atoms with Crippen LogP contribution in [0.2, 0.25) is 0 Å². The van der Waals surface area contributed by atoms with Crippen molar-refractivity contribution in [3.63, 3.8) is 0 Å². The summed E-state index contributed by atoms with van der Waals surface area (Å²) in [5.74, 6) is -0.155. The van der Waals surface area contributed by atoms with E-state index in [0.717, 1.165) is 25.9 Å². The Labute approximate surface area is 119 Å². The lowest BCUT2D eigenvalue weighted by Gasteiger charge is -2.23.